The fourth-order valence-corrected chi connectivity index (χ4v) is 2.61. The Bertz CT molecular complexity index is 380. The second kappa shape index (κ2) is 5.74. The molecule has 1 aliphatic rings. The Hall–Kier alpha value is -0.730. The second-order valence-corrected chi connectivity index (χ2v) is 5.46. The van der Waals surface area contributed by atoms with Crippen LogP contribution in [0.1, 0.15) is 38.2 Å². The molecule has 1 aromatic carbocycles. The molecule has 1 aliphatic carbocycles. The Morgan fingerprint density at radius 3 is 3.00 bits per heavy atom. The molecule has 0 heterocycles. The maximum atomic E-state index is 6.11. The average Bonchev–Trinajstić information content (AvgIpc) is 2.30. The zero-order valence-electron chi connectivity index (χ0n) is 10.3. The lowest BCUT2D eigenvalue weighted by Crippen LogP contribution is -2.21. The summed E-state index contributed by atoms with van der Waals surface area (Å²) in [6.07, 6.45) is 5.33. The van der Waals surface area contributed by atoms with Crippen LogP contribution in [0.2, 0.25) is 5.02 Å². The monoisotopic (exact) mass is 253 g/mol. The van der Waals surface area contributed by atoms with E-state index in [2.05, 4.69) is 6.92 Å². The lowest BCUT2D eigenvalue weighted by atomic mass is 9.89. The minimum Gasteiger partial charge on any atom is -0.399 e. The van der Waals surface area contributed by atoms with E-state index in [1.54, 1.807) is 0 Å². The molecule has 2 N–H and O–H groups in total. The van der Waals surface area contributed by atoms with Crippen LogP contribution in [0.3, 0.4) is 0 Å². The van der Waals surface area contributed by atoms with Crippen LogP contribution < -0.4 is 5.73 Å². The summed E-state index contributed by atoms with van der Waals surface area (Å²) in [6.45, 7) is 2.87. The molecule has 0 saturated heterocycles. The summed E-state index contributed by atoms with van der Waals surface area (Å²) >= 11 is 6.11. The van der Waals surface area contributed by atoms with E-state index in [0.717, 1.165) is 22.2 Å². The van der Waals surface area contributed by atoms with Crippen LogP contribution in [-0.4, -0.2) is 6.10 Å². The van der Waals surface area contributed by atoms with E-state index in [4.69, 9.17) is 22.1 Å². The molecule has 0 radical (unpaired) electrons. The van der Waals surface area contributed by atoms with Crippen molar-refractivity contribution < 1.29 is 4.74 Å². The van der Waals surface area contributed by atoms with Crippen LogP contribution in [0.15, 0.2) is 18.2 Å². The Kier molecular flexibility index (Phi) is 4.30. The van der Waals surface area contributed by atoms with Gasteiger partial charge in [0, 0.05) is 10.7 Å². The number of nitrogen functional groups attached to an aromatic ring is 1. The number of ether oxygens (including phenoxy) is 1. The molecule has 1 fully saturated rings. The van der Waals surface area contributed by atoms with E-state index >= 15 is 0 Å². The number of nitrogens with two attached hydrogens (primary N) is 1. The Balaban J connectivity index is 1.90. The van der Waals surface area contributed by atoms with E-state index in [-0.39, 0.29) is 0 Å². The number of rotatable bonds is 3. The van der Waals surface area contributed by atoms with Crippen molar-refractivity contribution in [1.29, 1.82) is 0 Å². The van der Waals surface area contributed by atoms with Crippen molar-refractivity contribution >= 4 is 17.3 Å². The summed E-state index contributed by atoms with van der Waals surface area (Å²) < 4.78 is 5.94. The van der Waals surface area contributed by atoms with Crippen LogP contribution in [0.5, 0.6) is 0 Å². The third-order valence-corrected chi connectivity index (χ3v) is 3.80. The smallest absolute Gasteiger partial charge is 0.0735 e. The molecule has 2 rings (SSSR count). The summed E-state index contributed by atoms with van der Waals surface area (Å²) in [5.74, 6) is 0.782. The minimum absolute atomic E-state index is 0.385. The number of benzene rings is 1. The molecule has 1 saturated carbocycles. The molecule has 0 aromatic heterocycles. The first-order chi connectivity index (χ1) is 8.15. The molecule has 3 heteroatoms. The van der Waals surface area contributed by atoms with Gasteiger partial charge in [0.25, 0.3) is 0 Å². The van der Waals surface area contributed by atoms with Crippen molar-refractivity contribution in [3.63, 3.8) is 0 Å². The molecule has 2 nitrogen and oxygen atoms in total. The fourth-order valence-electron chi connectivity index (χ4n) is 2.44. The summed E-state index contributed by atoms with van der Waals surface area (Å²) in [5, 5.41) is 0.739. The zero-order chi connectivity index (χ0) is 12.3. The third-order valence-electron chi connectivity index (χ3n) is 3.43. The first-order valence-electron chi connectivity index (χ1n) is 6.30. The predicted octanol–water partition coefficient (Wildman–Crippen LogP) is 4.02. The van der Waals surface area contributed by atoms with E-state index in [0.29, 0.717) is 12.7 Å². The highest BCUT2D eigenvalue weighted by Crippen LogP contribution is 2.27. The molecule has 0 amide bonds. The van der Waals surface area contributed by atoms with Gasteiger partial charge in [0.2, 0.25) is 0 Å². The van der Waals surface area contributed by atoms with Crippen molar-refractivity contribution in [3.05, 3.63) is 28.8 Å². The Morgan fingerprint density at radius 1 is 1.41 bits per heavy atom. The van der Waals surface area contributed by atoms with Crippen LogP contribution in [0.25, 0.3) is 0 Å². The van der Waals surface area contributed by atoms with Crippen molar-refractivity contribution in [2.75, 3.05) is 5.73 Å². The highest BCUT2D eigenvalue weighted by atomic mass is 35.5. The van der Waals surface area contributed by atoms with Crippen LogP contribution in [-0.2, 0) is 11.3 Å². The van der Waals surface area contributed by atoms with E-state index < -0.39 is 0 Å². The van der Waals surface area contributed by atoms with Crippen LogP contribution in [0.4, 0.5) is 5.69 Å². The Morgan fingerprint density at radius 2 is 2.24 bits per heavy atom. The summed E-state index contributed by atoms with van der Waals surface area (Å²) in [6, 6.07) is 5.54. The molecule has 2 unspecified atom stereocenters. The van der Waals surface area contributed by atoms with Gasteiger partial charge in [-0.2, -0.15) is 0 Å². The Labute approximate surface area is 108 Å². The molecular weight excluding hydrogens is 234 g/mol. The number of anilines is 1. The van der Waals surface area contributed by atoms with E-state index in [9.17, 15) is 0 Å². The molecule has 0 spiro atoms. The lowest BCUT2D eigenvalue weighted by molar-refractivity contribution is 0.00472. The van der Waals surface area contributed by atoms with Crippen molar-refractivity contribution in [2.24, 2.45) is 5.92 Å². The molecule has 0 aliphatic heterocycles. The number of hydrogen-bond acceptors (Lipinski definition) is 2. The van der Waals surface area contributed by atoms with Crippen LogP contribution in [0, 0.1) is 5.92 Å². The second-order valence-electron chi connectivity index (χ2n) is 5.06. The van der Waals surface area contributed by atoms with Gasteiger partial charge >= 0.3 is 0 Å². The standard InChI is InChI=1S/C14H20ClNO/c1-10-3-2-4-13(7-10)17-9-11-8-12(16)5-6-14(11)15/h5-6,8,10,13H,2-4,7,9,16H2,1H3. The molecule has 1 aromatic rings. The molecule has 0 bridgehead atoms. The molecule has 17 heavy (non-hydrogen) atoms. The first kappa shape index (κ1) is 12.7. The summed E-state index contributed by atoms with van der Waals surface area (Å²) in [7, 11) is 0. The van der Waals surface area contributed by atoms with E-state index in [1.807, 2.05) is 18.2 Å². The van der Waals surface area contributed by atoms with Gasteiger partial charge in [-0.3, -0.25) is 0 Å². The van der Waals surface area contributed by atoms with Gasteiger partial charge in [0.05, 0.1) is 12.7 Å². The van der Waals surface area contributed by atoms with Crippen LogP contribution >= 0.6 is 11.6 Å². The predicted molar refractivity (Wildman–Crippen MR) is 72.1 cm³/mol. The average molecular weight is 254 g/mol. The third kappa shape index (κ3) is 3.62. The minimum atomic E-state index is 0.385. The number of hydrogen-bond donors (Lipinski definition) is 1. The molecule has 94 valence electrons. The fraction of sp³-hybridized carbons (Fsp3) is 0.571. The summed E-state index contributed by atoms with van der Waals surface area (Å²) in [5.41, 5.74) is 7.48. The quantitative estimate of drug-likeness (QED) is 0.826. The van der Waals surface area contributed by atoms with Crippen molar-refractivity contribution in [1.82, 2.24) is 0 Å². The highest BCUT2D eigenvalue weighted by Gasteiger charge is 2.19. The normalized spacial score (nSPS) is 24.8. The van der Waals surface area contributed by atoms with Gasteiger partial charge in [0.15, 0.2) is 0 Å². The van der Waals surface area contributed by atoms with Gasteiger partial charge in [-0.15, -0.1) is 0 Å². The summed E-state index contributed by atoms with van der Waals surface area (Å²) in [4.78, 5) is 0. The van der Waals surface area contributed by atoms with Gasteiger partial charge in [-0.05, 0) is 42.5 Å². The largest absolute Gasteiger partial charge is 0.399 e. The topological polar surface area (TPSA) is 35.2 Å². The van der Waals surface area contributed by atoms with Gasteiger partial charge in [-0.25, -0.2) is 0 Å². The molecule has 2 atom stereocenters. The van der Waals surface area contributed by atoms with Gasteiger partial charge in [-0.1, -0.05) is 31.4 Å². The van der Waals surface area contributed by atoms with Gasteiger partial charge < -0.3 is 10.5 Å². The zero-order valence-corrected chi connectivity index (χ0v) is 11.0. The SMILES string of the molecule is CC1CCCC(OCc2cc(N)ccc2Cl)C1. The van der Waals surface area contributed by atoms with Crippen molar-refractivity contribution in [3.8, 4) is 0 Å². The van der Waals surface area contributed by atoms with Crippen molar-refractivity contribution in [2.45, 2.75) is 45.3 Å². The highest BCUT2D eigenvalue weighted by molar-refractivity contribution is 6.31. The van der Waals surface area contributed by atoms with E-state index in [1.165, 1.54) is 25.7 Å². The lowest BCUT2D eigenvalue weighted by Gasteiger charge is -2.27. The first-order valence-corrected chi connectivity index (χ1v) is 6.68. The molecular formula is C14H20ClNO. The van der Waals surface area contributed by atoms with Gasteiger partial charge in [0.1, 0.15) is 0 Å². The number of halogens is 1. The maximum absolute atomic E-state index is 6.11. The maximum Gasteiger partial charge on any atom is 0.0735 e.